The predicted molar refractivity (Wildman–Crippen MR) is 49.5 cm³/mol. The topological polar surface area (TPSA) is 127 Å². The van der Waals surface area contributed by atoms with Crippen LogP contribution in [0.5, 0.6) is 11.5 Å². The van der Waals surface area contributed by atoms with Gasteiger partial charge in [0.1, 0.15) is 22.6 Å². The molecule has 1 aromatic rings. The summed E-state index contributed by atoms with van der Waals surface area (Å²) in [5.41, 5.74) is -1.21. The van der Waals surface area contributed by atoms with E-state index in [1.165, 1.54) is 0 Å². The number of hydrogen-bond acceptors (Lipinski definition) is 8. The Bertz CT molecular complexity index is 579. The van der Waals surface area contributed by atoms with Gasteiger partial charge in [-0.3, -0.25) is 0 Å². The van der Waals surface area contributed by atoms with Crippen molar-refractivity contribution in [3.63, 3.8) is 0 Å². The molecule has 0 fully saturated rings. The Morgan fingerprint density at radius 2 is 1.24 bits per heavy atom. The average molecular weight is 260 g/mol. The van der Waals surface area contributed by atoms with E-state index in [1.54, 1.807) is 0 Å². The minimum absolute atomic E-state index is 0.604. The summed E-state index contributed by atoms with van der Waals surface area (Å²) in [5, 5.41) is 18.7. The predicted octanol–water partition coefficient (Wildman–Crippen LogP) is -0.330. The second kappa shape index (κ2) is 3.35. The molecule has 0 saturated heterocycles. The van der Waals surface area contributed by atoms with Crippen molar-refractivity contribution in [1.29, 1.82) is 0 Å². The highest BCUT2D eigenvalue weighted by molar-refractivity contribution is 7.82. The number of fused-ring (bicyclic) bond motifs is 6. The van der Waals surface area contributed by atoms with Gasteiger partial charge >= 0.3 is 22.3 Å². The molecule has 1 aromatic carbocycles. The Hall–Kier alpha value is -2.29. The standard InChI is InChI=1S/C8H4O8S/c9-5-1-3-6(10)2-4(5)8(12)16-17(13,14)15-7(3)11/h1-2,9-10H. The smallest absolute Gasteiger partial charge is 0.506 e. The van der Waals surface area contributed by atoms with Gasteiger partial charge in [-0.25, -0.2) is 9.59 Å². The Morgan fingerprint density at radius 1 is 0.882 bits per heavy atom. The molecule has 0 spiro atoms. The molecule has 2 heterocycles. The van der Waals surface area contributed by atoms with Crippen molar-refractivity contribution in [3.05, 3.63) is 23.3 Å². The molecule has 2 bridgehead atoms. The third-order valence-electron chi connectivity index (χ3n) is 1.91. The van der Waals surface area contributed by atoms with Crippen LogP contribution in [-0.4, -0.2) is 30.6 Å². The molecule has 0 atom stereocenters. The van der Waals surface area contributed by atoms with Gasteiger partial charge in [0.25, 0.3) is 0 Å². The Kier molecular flexibility index (Phi) is 2.21. The van der Waals surface area contributed by atoms with Crippen LogP contribution in [0.15, 0.2) is 12.1 Å². The maximum Gasteiger partial charge on any atom is 0.506 e. The van der Waals surface area contributed by atoms with Crippen molar-refractivity contribution in [2.75, 3.05) is 0 Å². The van der Waals surface area contributed by atoms with Crippen molar-refractivity contribution in [2.45, 2.75) is 0 Å². The van der Waals surface area contributed by atoms with Crippen LogP contribution in [0.25, 0.3) is 0 Å². The molecule has 3 rings (SSSR count). The van der Waals surface area contributed by atoms with Gasteiger partial charge in [0, 0.05) is 0 Å². The maximum atomic E-state index is 11.3. The minimum atomic E-state index is -4.87. The second-order valence-corrected chi connectivity index (χ2v) is 4.19. The highest BCUT2D eigenvalue weighted by Gasteiger charge is 2.32. The van der Waals surface area contributed by atoms with Gasteiger partial charge in [-0.15, -0.1) is 8.42 Å². The summed E-state index contributed by atoms with van der Waals surface area (Å²) in [5.74, 6) is -4.37. The first-order valence-corrected chi connectivity index (χ1v) is 5.42. The lowest BCUT2D eigenvalue weighted by molar-refractivity contribution is 0.0652. The second-order valence-electron chi connectivity index (χ2n) is 3.04. The van der Waals surface area contributed by atoms with Crippen molar-refractivity contribution < 1.29 is 36.6 Å². The molecule has 2 aliphatic heterocycles. The molecule has 8 nitrogen and oxygen atoms in total. The summed E-state index contributed by atoms with van der Waals surface area (Å²) in [6.07, 6.45) is 0. The van der Waals surface area contributed by atoms with Crippen molar-refractivity contribution >= 4 is 22.3 Å². The quantitative estimate of drug-likeness (QED) is 0.607. The number of phenols is 2. The summed E-state index contributed by atoms with van der Waals surface area (Å²) in [7, 11) is -4.87. The molecule has 0 unspecified atom stereocenters. The molecule has 0 radical (unpaired) electrons. The van der Waals surface area contributed by atoms with E-state index >= 15 is 0 Å². The zero-order chi connectivity index (χ0) is 12.8. The van der Waals surface area contributed by atoms with E-state index in [0.29, 0.717) is 12.1 Å². The largest absolute Gasteiger partial charge is 0.507 e. The van der Waals surface area contributed by atoms with Gasteiger partial charge in [-0.1, -0.05) is 0 Å². The molecule has 90 valence electrons. The van der Waals surface area contributed by atoms with E-state index in [9.17, 15) is 28.2 Å². The van der Waals surface area contributed by atoms with Crippen LogP contribution in [0.4, 0.5) is 0 Å². The van der Waals surface area contributed by atoms with Crippen LogP contribution >= 0.6 is 0 Å². The molecule has 0 saturated carbocycles. The lowest BCUT2D eigenvalue weighted by atomic mass is 10.1. The Balaban J connectivity index is 2.74. The van der Waals surface area contributed by atoms with E-state index in [-0.39, 0.29) is 0 Å². The van der Waals surface area contributed by atoms with E-state index < -0.39 is 45.0 Å². The number of hydrogen-bond donors (Lipinski definition) is 2. The van der Waals surface area contributed by atoms with Crippen LogP contribution < -0.4 is 0 Å². The first-order chi connectivity index (χ1) is 7.80. The minimum Gasteiger partial charge on any atom is -0.507 e. The third kappa shape index (κ3) is 1.87. The number of carbonyl (C=O) groups is 2. The molecule has 0 aliphatic carbocycles. The molecule has 17 heavy (non-hydrogen) atoms. The maximum absolute atomic E-state index is 11.3. The Labute approximate surface area is 94.3 Å². The van der Waals surface area contributed by atoms with Gasteiger partial charge in [0.05, 0.1) is 0 Å². The Morgan fingerprint density at radius 3 is 1.59 bits per heavy atom. The molecule has 9 heteroatoms. The van der Waals surface area contributed by atoms with Gasteiger partial charge in [-0.05, 0) is 12.1 Å². The van der Waals surface area contributed by atoms with Gasteiger partial charge in [0.2, 0.25) is 0 Å². The highest BCUT2D eigenvalue weighted by atomic mass is 32.3. The number of phenolic OH excluding ortho intramolecular Hbond substituents is 2. The third-order valence-corrected chi connectivity index (χ3v) is 2.62. The summed E-state index contributed by atoms with van der Waals surface area (Å²) in [6, 6.07) is 1.41. The monoisotopic (exact) mass is 260 g/mol. The lowest BCUT2D eigenvalue weighted by Gasteiger charge is -2.02. The number of rotatable bonds is 0. The summed E-state index contributed by atoms with van der Waals surface area (Å²) < 4.78 is 29.7. The molecule has 2 aliphatic rings. The first-order valence-electron chi connectivity index (χ1n) is 4.09. The fourth-order valence-electron chi connectivity index (χ4n) is 1.20. The molecule has 0 amide bonds. The number of benzene rings is 1. The molecule has 2 N–H and O–H groups in total. The zero-order valence-electron chi connectivity index (χ0n) is 7.91. The van der Waals surface area contributed by atoms with Gasteiger partial charge < -0.3 is 18.6 Å². The zero-order valence-corrected chi connectivity index (χ0v) is 8.72. The first kappa shape index (κ1) is 11.2. The van der Waals surface area contributed by atoms with E-state index in [4.69, 9.17) is 0 Å². The molecular formula is C8H4O8S. The van der Waals surface area contributed by atoms with Crippen LogP contribution in [0.1, 0.15) is 20.7 Å². The van der Waals surface area contributed by atoms with Crippen molar-refractivity contribution in [1.82, 2.24) is 0 Å². The number of carbonyl (C=O) groups excluding carboxylic acids is 2. The van der Waals surface area contributed by atoms with Crippen LogP contribution in [0, 0.1) is 0 Å². The highest BCUT2D eigenvalue weighted by Crippen LogP contribution is 2.30. The van der Waals surface area contributed by atoms with E-state index in [2.05, 4.69) is 8.37 Å². The van der Waals surface area contributed by atoms with Crippen LogP contribution in [0.2, 0.25) is 0 Å². The SMILES string of the molecule is O=C1OS(=O)(=O)OC(=O)c2cc(O)c1cc2O. The summed E-state index contributed by atoms with van der Waals surface area (Å²) >= 11 is 0. The van der Waals surface area contributed by atoms with Gasteiger partial charge in [0.15, 0.2) is 0 Å². The average Bonchev–Trinajstić information content (AvgIpc) is 2.22. The number of aromatic hydroxyl groups is 2. The summed E-state index contributed by atoms with van der Waals surface area (Å²) in [6.45, 7) is 0. The van der Waals surface area contributed by atoms with Crippen molar-refractivity contribution in [2.24, 2.45) is 0 Å². The van der Waals surface area contributed by atoms with E-state index in [0.717, 1.165) is 0 Å². The van der Waals surface area contributed by atoms with Crippen LogP contribution in [-0.2, 0) is 18.8 Å². The molecular weight excluding hydrogens is 256 g/mol. The summed E-state index contributed by atoms with van der Waals surface area (Å²) in [4.78, 5) is 22.5. The fourth-order valence-corrected chi connectivity index (χ4v) is 1.78. The van der Waals surface area contributed by atoms with Crippen LogP contribution in [0.3, 0.4) is 0 Å². The van der Waals surface area contributed by atoms with Gasteiger partial charge in [-0.2, -0.15) is 0 Å². The normalized spacial score (nSPS) is 17.6. The van der Waals surface area contributed by atoms with Crippen molar-refractivity contribution in [3.8, 4) is 11.5 Å². The molecule has 0 aromatic heterocycles. The van der Waals surface area contributed by atoms with E-state index in [1.807, 2.05) is 0 Å². The fraction of sp³-hybridized carbons (Fsp3) is 0. The lowest BCUT2D eigenvalue weighted by Crippen LogP contribution is -2.17.